The first-order valence-corrected chi connectivity index (χ1v) is 3.97. The lowest BCUT2D eigenvalue weighted by molar-refractivity contribution is -0.111. The Morgan fingerprint density at radius 1 is 1.46 bits per heavy atom. The van der Waals surface area contributed by atoms with Gasteiger partial charge >= 0.3 is 0 Å². The lowest BCUT2D eigenvalue weighted by Crippen LogP contribution is -2.01. The van der Waals surface area contributed by atoms with Crippen molar-refractivity contribution in [3.63, 3.8) is 0 Å². The van der Waals surface area contributed by atoms with Crippen LogP contribution in [0.3, 0.4) is 0 Å². The molecule has 0 bridgehead atoms. The number of rotatable bonds is 2. The number of nitrogens with zero attached hydrogens (tertiary/aromatic N) is 1. The van der Waals surface area contributed by atoms with Crippen molar-refractivity contribution in [2.45, 2.75) is 6.42 Å². The monoisotopic (exact) mass is 173 g/mol. The molecule has 1 heterocycles. The first kappa shape index (κ1) is 7.86. The zero-order valence-electron chi connectivity index (χ0n) is 6.86. The third-order valence-electron chi connectivity index (χ3n) is 1.91. The van der Waals surface area contributed by atoms with E-state index in [4.69, 9.17) is 0 Å². The maximum Gasteiger partial charge on any atom is 0.188 e. The highest BCUT2D eigenvalue weighted by Crippen LogP contribution is 2.23. The van der Waals surface area contributed by atoms with Gasteiger partial charge in [0.1, 0.15) is 6.29 Å². The molecule has 0 fully saturated rings. The van der Waals surface area contributed by atoms with E-state index in [1.807, 2.05) is 0 Å². The average Bonchev–Trinajstić information content (AvgIpc) is 2.49. The van der Waals surface area contributed by atoms with Crippen molar-refractivity contribution < 1.29 is 9.59 Å². The molecule has 2 aliphatic rings. The van der Waals surface area contributed by atoms with Crippen LogP contribution in [0, 0.1) is 0 Å². The van der Waals surface area contributed by atoms with E-state index < -0.39 is 0 Å². The number of carbonyl (C=O) groups is 2. The van der Waals surface area contributed by atoms with Crippen molar-refractivity contribution in [3.8, 4) is 0 Å². The minimum atomic E-state index is -0.0397. The number of ketones is 1. The summed E-state index contributed by atoms with van der Waals surface area (Å²) < 4.78 is 0. The minimum absolute atomic E-state index is 0.0397. The van der Waals surface area contributed by atoms with Crippen LogP contribution in [-0.2, 0) is 9.59 Å². The normalized spacial score (nSPS) is 19.1. The molecule has 1 aliphatic heterocycles. The topological polar surface area (TPSA) is 46.5 Å². The second-order valence-corrected chi connectivity index (χ2v) is 2.81. The number of fused-ring (bicyclic) bond motifs is 1. The highest BCUT2D eigenvalue weighted by molar-refractivity contribution is 6.18. The molecule has 2 rings (SSSR count). The molecule has 13 heavy (non-hydrogen) atoms. The SMILES string of the molecule is O=CCC1=NC2=CC=CC(=O)C2=C1. The summed E-state index contributed by atoms with van der Waals surface area (Å²) in [4.78, 5) is 25.6. The molecule has 1 aliphatic carbocycles. The third kappa shape index (κ3) is 1.28. The van der Waals surface area contributed by atoms with Crippen molar-refractivity contribution in [1.29, 1.82) is 0 Å². The quantitative estimate of drug-likeness (QED) is 0.584. The smallest absolute Gasteiger partial charge is 0.188 e. The van der Waals surface area contributed by atoms with Gasteiger partial charge in [-0.1, -0.05) is 6.08 Å². The Kier molecular flexibility index (Phi) is 1.77. The van der Waals surface area contributed by atoms with Gasteiger partial charge in [0.15, 0.2) is 5.78 Å². The van der Waals surface area contributed by atoms with Gasteiger partial charge in [0.05, 0.1) is 5.70 Å². The lowest BCUT2D eigenvalue weighted by Gasteiger charge is -2.00. The van der Waals surface area contributed by atoms with E-state index in [0.29, 0.717) is 17.0 Å². The molecule has 0 aromatic carbocycles. The van der Waals surface area contributed by atoms with Gasteiger partial charge in [0.2, 0.25) is 0 Å². The van der Waals surface area contributed by atoms with Gasteiger partial charge in [-0.25, -0.2) is 0 Å². The van der Waals surface area contributed by atoms with Gasteiger partial charge in [-0.05, 0) is 18.2 Å². The molecule has 0 unspecified atom stereocenters. The van der Waals surface area contributed by atoms with Crippen molar-refractivity contribution in [2.24, 2.45) is 4.99 Å². The van der Waals surface area contributed by atoms with Gasteiger partial charge < -0.3 is 4.79 Å². The van der Waals surface area contributed by atoms with E-state index in [1.54, 1.807) is 18.2 Å². The van der Waals surface area contributed by atoms with E-state index >= 15 is 0 Å². The molecule has 0 radical (unpaired) electrons. The Bertz CT molecular complexity index is 397. The van der Waals surface area contributed by atoms with Gasteiger partial charge in [0.25, 0.3) is 0 Å². The van der Waals surface area contributed by atoms with Crippen molar-refractivity contribution in [1.82, 2.24) is 0 Å². The molecule has 0 N–H and O–H groups in total. The van der Waals surface area contributed by atoms with Crippen LogP contribution >= 0.6 is 0 Å². The second-order valence-electron chi connectivity index (χ2n) is 2.81. The number of hydrogen-bond acceptors (Lipinski definition) is 3. The number of carbonyl (C=O) groups excluding carboxylic acids is 2. The molecule has 0 spiro atoms. The highest BCUT2D eigenvalue weighted by atomic mass is 16.1. The molecule has 0 atom stereocenters. The second kappa shape index (κ2) is 2.94. The predicted octanol–water partition coefficient (Wildman–Crippen LogP) is 0.979. The van der Waals surface area contributed by atoms with E-state index in [1.165, 1.54) is 6.08 Å². The number of aldehydes is 1. The molecule has 0 saturated heterocycles. The maximum absolute atomic E-state index is 11.3. The van der Waals surface area contributed by atoms with E-state index in [-0.39, 0.29) is 12.2 Å². The number of aliphatic imine (C=N–C) groups is 1. The molecule has 64 valence electrons. The summed E-state index contributed by atoms with van der Waals surface area (Å²) in [6.45, 7) is 0. The molecule has 3 heteroatoms. The van der Waals surface area contributed by atoms with Gasteiger partial charge in [-0.3, -0.25) is 9.79 Å². The van der Waals surface area contributed by atoms with Crippen LogP contribution in [0.1, 0.15) is 6.42 Å². The zero-order chi connectivity index (χ0) is 9.26. The Balaban J connectivity index is 2.35. The van der Waals surface area contributed by atoms with Crippen molar-refractivity contribution >= 4 is 17.8 Å². The van der Waals surface area contributed by atoms with Crippen LogP contribution in [0.25, 0.3) is 0 Å². The van der Waals surface area contributed by atoms with E-state index in [0.717, 1.165) is 6.29 Å². The van der Waals surface area contributed by atoms with Gasteiger partial charge in [0, 0.05) is 17.7 Å². The summed E-state index contributed by atoms with van der Waals surface area (Å²) >= 11 is 0. The molecule has 0 aromatic heterocycles. The Hall–Kier alpha value is -1.77. The fourth-order valence-electron chi connectivity index (χ4n) is 1.32. The standard InChI is InChI=1S/C10H7NO2/c12-5-4-7-6-8-9(11-7)2-1-3-10(8)13/h1-3,5-6H,4H2. The molecule has 0 saturated carbocycles. The van der Waals surface area contributed by atoms with E-state index in [9.17, 15) is 9.59 Å². The van der Waals surface area contributed by atoms with Crippen molar-refractivity contribution in [2.75, 3.05) is 0 Å². The van der Waals surface area contributed by atoms with Crippen LogP contribution < -0.4 is 0 Å². The summed E-state index contributed by atoms with van der Waals surface area (Å²) in [5.74, 6) is -0.0397. The van der Waals surface area contributed by atoms with Crippen LogP contribution in [-0.4, -0.2) is 17.8 Å². The summed E-state index contributed by atoms with van der Waals surface area (Å²) in [6, 6.07) is 0. The first-order chi connectivity index (χ1) is 6.31. The molecule has 0 aromatic rings. The number of allylic oxidation sites excluding steroid dienone is 5. The summed E-state index contributed by atoms with van der Waals surface area (Å²) in [5.41, 5.74) is 1.93. The summed E-state index contributed by atoms with van der Waals surface area (Å²) in [5, 5.41) is 0. The Morgan fingerprint density at radius 2 is 2.31 bits per heavy atom. The average molecular weight is 173 g/mol. The molecule has 3 nitrogen and oxygen atoms in total. The Labute approximate surface area is 75.2 Å². The van der Waals surface area contributed by atoms with Crippen molar-refractivity contribution in [3.05, 3.63) is 35.6 Å². The molecular weight excluding hydrogens is 166 g/mol. The zero-order valence-corrected chi connectivity index (χ0v) is 6.86. The molecule has 0 amide bonds. The molecular formula is C10H7NO2. The van der Waals surface area contributed by atoms with Gasteiger partial charge in [-0.15, -0.1) is 0 Å². The lowest BCUT2D eigenvalue weighted by atomic mass is 10.0. The van der Waals surface area contributed by atoms with Crippen LogP contribution in [0.15, 0.2) is 40.6 Å². The third-order valence-corrected chi connectivity index (χ3v) is 1.91. The number of hydrogen-bond donors (Lipinski definition) is 0. The van der Waals surface area contributed by atoms with Crippen LogP contribution in [0.2, 0.25) is 0 Å². The first-order valence-electron chi connectivity index (χ1n) is 3.97. The van der Waals surface area contributed by atoms with Gasteiger partial charge in [-0.2, -0.15) is 0 Å². The minimum Gasteiger partial charge on any atom is -0.303 e. The highest BCUT2D eigenvalue weighted by Gasteiger charge is 2.20. The fraction of sp³-hybridized carbons (Fsp3) is 0.100. The van der Waals surface area contributed by atoms with Crippen LogP contribution in [0.4, 0.5) is 0 Å². The predicted molar refractivity (Wildman–Crippen MR) is 48.4 cm³/mol. The summed E-state index contributed by atoms with van der Waals surface area (Å²) in [6.07, 6.45) is 7.66. The fourth-order valence-corrected chi connectivity index (χ4v) is 1.32. The van der Waals surface area contributed by atoms with E-state index in [2.05, 4.69) is 4.99 Å². The van der Waals surface area contributed by atoms with Crippen LogP contribution in [0.5, 0.6) is 0 Å². The Morgan fingerprint density at radius 3 is 3.00 bits per heavy atom. The largest absolute Gasteiger partial charge is 0.303 e. The maximum atomic E-state index is 11.3. The summed E-state index contributed by atoms with van der Waals surface area (Å²) in [7, 11) is 0.